The normalized spacial score (nSPS) is 14.6. The lowest BCUT2D eigenvalue weighted by Gasteiger charge is -2.14. The molecule has 2 heterocycles. The number of nitrogens with one attached hydrogen (secondary N) is 1. The number of aryl methyl sites for hydroxylation is 1. The molecule has 1 unspecified atom stereocenters. The van der Waals surface area contributed by atoms with Crippen molar-refractivity contribution in [3.8, 4) is 0 Å². The highest BCUT2D eigenvalue weighted by molar-refractivity contribution is 7.98. The van der Waals surface area contributed by atoms with E-state index in [-0.39, 0.29) is 17.6 Å². The number of thioether (sulfide) groups is 1. The molecule has 3 rings (SSSR count). The Morgan fingerprint density at radius 2 is 2.04 bits per heavy atom. The SMILES string of the molecule is CSCC(C)C(=O)Nc1sc2c(c1C(=O)c1ccc(C)cc1)CCOC2. The number of fused-ring (bicyclic) bond motifs is 1. The summed E-state index contributed by atoms with van der Waals surface area (Å²) in [6, 6.07) is 7.58. The molecule has 1 amide bonds. The van der Waals surface area contributed by atoms with Crippen LogP contribution in [0.4, 0.5) is 5.00 Å². The minimum Gasteiger partial charge on any atom is -0.376 e. The highest BCUT2D eigenvalue weighted by atomic mass is 32.2. The van der Waals surface area contributed by atoms with E-state index in [4.69, 9.17) is 4.74 Å². The van der Waals surface area contributed by atoms with Crippen LogP contribution in [0.3, 0.4) is 0 Å². The van der Waals surface area contributed by atoms with Gasteiger partial charge < -0.3 is 10.1 Å². The number of carbonyl (C=O) groups is 2. The van der Waals surface area contributed by atoms with Gasteiger partial charge in [0.1, 0.15) is 5.00 Å². The second-order valence-electron chi connectivity index (χ2n) is 6.55. The van der Waals surface area contributed by atoms with Crippen molar-refractivity contribution in [2.45, 2.75) is 26.9 Å². The van der Waals surface area contributed by atoms with E-state index in [1.54, 1.807) is 11.8 Å². The summed E-state index contributed by atoms with van der Waals surface area (Å²) < 4.78 is 5.54. The van der Waals surface area contributed by atoms with Crippen LogP contribution in [0.2, 0.25) is 0 Å². The van der Waals surface area contributed by atoms with Gasteiger partial charge in [0.2, 0.25) is 5.91 Å². The minimum atomic E-state index is -0.109. The van der Waals surface area contributed by atoms with Crippen molar-refractivity contribution >= 4 is 39.8 Å². The summed E-state index contributed by atoms with van der Waals surface area (Å²) in [4.78, 5) is 26.8. The second kappa shape index (κ2) is 8.37. The van der Waals surface area contributed by atoms with Crippen molar-refractivity contribution in [3.05, 3.63) is 51.4 Å². The summed E-state index contributed by atoms with van der Waals surface area (Å²) in [5.74, 6) is 0.568. The van der Waals surface area contributed by atoms with Gasteiger partial charge in [0.15, 0.2) is 5.78 Å². The zero-order valence-corrected chi connectivity index (χ0v) is 16.9. The van der Waals surface area contributed by atoms with Crippen molar-refractivity contribution < 1.29 is 14.3 Å². The van der Waals surface area contributed by atoms with E-state index in [2.05, 4.69) is 5.32 Å². The van der Waals surface area contributed by atoms with Gasteiger partial charge in [-0.15, -0.1) is 11.3 Å². The van der Waals surface area contributed by atoms with Crippen LogP contribution < -0.4 is 5.32 Å². The number of ketones is 1. The van der Waals surface area contributed by atoms with Crippen LogP contribution >= 0.6 is 23.1 Å². The zero-order valence-electron chi connectivity index (χ0n) is 15.3. The van der Waals surface area contributed by atoms with Gasteiger partial charge >= 0.3 is 0 Å². The van der Waals surface area contributed by atoms with Crippen molar-refractivity contribution in [1.29, 1.82) is 0 Å². The Hall–Kier alpha value is -1.63. The summed E-state index contributed by atoms with van der Waals surface area (Å²) in [5.41, 5.74) is 3.43. The van der Waals surface area contributed by atoms with Crippen molar-refractivity contribution in [1.82, 2.24) is 0 Å². The molecule has 0 aliphatic carbocycles. The molecule has 0 saturated heterocycles. The first-order valence-electron chi connectivity index (χ1n) is 8.64. The topological polar surface area (TPSA) is 55.4 Å². The van der Waals surface area contributed by atoms with E-state index in [1.807, 2.05) is 44.4 Å². The molecule has 138 valence electrons. The van der Waals surface area contributed by atoms with Crippen LogP contribution in [0.5, 0.6) is 0 Å². The summed E-state index contributed by atoms with van der Waals surface area (Å²) in [5, 5.41) is 3.66. The quantitative estimate of drug-likeness (QED) is 0.749. The van der Waals surface area contributed by atoms with E-state index >= 15 is 0 Å². The number of thiophene rings is 1. The standard InChI is InChI=1S/C20H23NO3S2/c1-12-4-6-14(7-5-12)18(22)17-15-8-9-24-10-16(15)26-20(17)21-19(23)13(2)11-25-3/h4-7,13H,8-11H2,1-3H3,(H,21,23). The van der Waals surface area contributed by atoms with Crippen LogP contribution in [0, 0.1) is 12.8 Å². The largest absolute Gasteiger partial charge is 0.376 e. The van der Waals surface area contributed by atoms with Gasteiger partial charge in [0, 0.05) is 22.1 Å². The second-order valence-corrected chi connectivity index (χ2v) is 8.57. The fraction of sp³-hybridized carbons (Fsp3) is 0.400. The predicted molar refractivity (Wildman–Crippen MR) is 108 cm³/mol. The Balaban J connectivity index is 1.96. The Bertz CT molecular complexity index is 811. The Morgan fingerprint density at radius 3 is 2.73 bits per heavy atom. The Morgan fingerprint density at radius 1 is 1.31 bits per heavy atom. The molecule has 0 radical (unpaired) electrons. The zero-order chi connectivity index (χ0) is 18.7. The molecule has 2 aromatic rings. The lowest BCUT2D eigenvalue weighted by molar-refractivity contribution is -0.118. The molecule has 1 N–H and O–H groups in total. The summed E-state index contributed by atoms with van der Waals surface area (Å²) in [6.07, 6.45) is 2.69. The molecular weight excluding hydrogens is 366 g/mol. The maximum absolute atomic E-state index is 13.2. The number of rotatable bonds is 6. The van der Waals surface area contributed by atoms with Gasteiger partial charge in [-0.1, -0.05) is 36.8 Å². The van der Waals surface area contributed by atoms with Gasteiger partial charge in [-0.25, -0.2) is 0 Å². The van der Waals surface area contributed by atoms with Crippen molar-refractivity contribution in [3.63, 3.8) is 0 Å². The molecule has 0 saturated carbocycles. The molecule has 0 fully saturated rings. The van der Waals surface area contributed by atoms with Gasteiger partial charge in [-0.3, -0.25) is 9.59 Å². The summed E-state index contributed by atoms with van der Waals surface area (Å²) >= 11 is 3.11. The van der Waals surface area contributed by atoms with E-state index in [9.17, 15) is 9.59 Å². The lowest BCUT2D eigenvalue weighted by atomic mass is 9.97. The first-order valence-corrected chi connectivity index (χ1v) is 10.9. The smallest absolute Gasteiger partial charge is 0.228 e. The monoisotopic (exact) mass is 389 g/mol. The van der Waals surface area contributed by atoms with Crippen LogP contribution in [-0.2, 0) is 22.6 Å². The molecule has 1 aromatic carbocycles. The van der Waals surface area contributed by atoms with E-state index < -0.39 is 0 Å². The average Bonchev–Trinajstić information content (AvgIpc) is 2.99. The maximum Gasteiger partial charge on any atom is 0.228 e. The fourth-order valence-electron chi connectivity index (χ4n) is 2.97. The van der Waals surface area contributed by atoms with Gasteiger partial charge in [-0.05, 0) is 25.2 Å². The van der Waals surface area contributed by atoms with Crippen LogP contribution in [0.25, 0.3) is 0 Å². The molecule has 1 aliphatic rings. The number of ether oxygens (including phenoxy) is 1. The van der Waals surface area contributed by atoms with Crippen molar-refractivity contribution in [2.24, 2.45) is 5.92 Å². The van der Waals surface area contributed by atoms with Crippen LogP contribution in [0.1, 0.15) is 38.8 Å². The lowest BCUT2D eigenvalue weighted by Crippen LogP contribution is -2.23. The first-order chi connectivity index (χ1) is 12.5. The molecule has 1 aliphatic heterocycles. The third-order valence-corrected chi connectivity index (χ3v) is 6.42. The minimum absolute atomic E-state index is 0.0304. The Labute approximate surface area is 162 Å². The van der Waals surface area contributed by atoms with E-state index in [0.29, 0.717) is 35.8 Å². The number of anilines is 1. The third-order valence-electron chi connectivity index (χ3n) is 4.46. The molecule has 0 bridgehead atoms. The van der Waals surface area contributed by atoms with Gasteiger partial charge in [0.25, 0.3) is 0 Å². The number of carbonyl (C=O) groups excluding carboxylic acids is 2. The Kier molecular flexibility index (Phi) is 6.16. The third kappa shape index (κ3) is 4.03. The predicted octanol–water partition coefficient (Wildman–Crippen LogP) is 4.30. The molecule has 1 aromatic heterocycles. The van der Waals surface area contributed by atoms with Crippen LogP contribution in [-0.4, -0.2) is 30.3 Å². The molecule has 26 heavy (non-hydrogen) atoms. The number of benzene rings is 1. The van der Waals surface area contributed by atoms with E-state index in [1.165, 1.54) is 11.3 Å². The molecular formula is C20H23NO3S2. The number of hydrogen-bond donors (Lipinski definition) is 1. The van der Waals surface area contributed by atoms with Gasteiger partial charge in [-0.2, -0.15) is 11.8 Å². The summed E-state index contributed by atoms with van der Waals surface area (Å²) in [6.45, 7) is 5.01. The summed E-state index contributed by atoms with van der Waals surface area (Å²) in [7, 11) is 0. The maximum atomic E-state index is 13.2. The van der Waals surface area contributed by atoms with Crippen LogP contribution in [0.15, 0.2) is 24.3 Å². The first kappa shape index (κ1) is 19.1. The molecule has 0 spiro atoms. The van der Waals surface area contributed by atoms with Gasteiger partial charge in [0.05, 0.1) is 18.8 Å². The van der Waals surface area contributed by atoms with E-state index in [0.717, 1.165) is 21.8 Å². The number of hydrogen-bond acceptors (Lipinski definition) is 5. The average molecular weight is 390 g/mol. The highest BCUT2D eigenvalue weighted by Gasteiger charge is 2.28. The highest BCUT2D eigenvalue weighted by Crippen LogP contribution is 2.38. The fourth-order valence-corrected chi connectivity index (χ4v) is 4.81. The molecule has 6 heteroatoms. The molecule has 4 nitrogen and oxygen atoms in total. The molecule has 1 atom stereocenters. The van der Waals surface area contributed by atoms with Crippen molar-refractivity contribution in [2.75, 3.05) is 23.9 Å². The number of amides is 1.